The minimum absolute atomic E-state index is 0.0263. The molecular formula is C14H23FN2O2. The van der Waals surface area contributed by atoms with Crippen LogP contribution in [0.5, 0.6) is 0 Å². The lowest BCUT2D eigenvalue weighted by Gasteiger charge is -2.28. The standard InChI is InChI=1S/C14H23FN2O2/c1-10-8-14(12(11(2)16)9-13(10)15)17(4-6-18)5-7-19-3/h8-9,11,18H,4-7,16H2,1-3H3/t11-/m1/s1. The van der Waals surface area contributed by atoms with Crippen LogP contribution in [0.15, 0.2) is 12.1 Å². The smallest absolute Gasteiger partial charge is 0.126 e. The minimum Gasteiger partial charge on any atom is -0.395 e. The molecule has 0 saturated carbocycles. The number of aliphatic hydroxyl groups excluding tert-OH is 1. The van der Waals surface area contributed by atoms with Crippen molar-refractivity contribution in [3.05, 3.63) is 29.1 Å². The van der Waals surface area contributed by atoms with Gasteiger partial charge in [0.25, 0.3) is 0 Å². The van der Waals surface area contributed by atoms with Crippen molar-refractivity contribution < 1.29 is 14.2 Å². The van der Waals surface area contributed by atoms with E-state index in [0.29, 0.717) is 25.3 Å². The Morgan fingerprint density at radius 2 is 2.11 bits per heavy atom. The fraction of sp³-hybridized carbons (Fsp3) is 0.571. The van der Waals surface area contributed by atoms with Gasteiger partial charge in [-0.1, -0.05) is 0 Å². The highest BCUT2D eigenvalue weighted by Crippen LogP contribution is 2.28. The van der Waals surface area contributed by atoms with Crippen molar-refractivity contribution in [2.24, 2.45) is 5.73 Å². The summed E-state index contributed by atoms with van der Waals surface area (Å²) in [5.74, 6) is -0.258. The molecule has 1 atom stereocenters. The van der Waals surface area contributed by atoms with E-state index in [1.807, 2.05) is 11.8 Å². The van der Waals surface area contributed by atoms with Gasteiger partial charge in [-0.3, -0.25) is 0 Å². The molecule has 0 spiro atoms. The van der Waals surface area contributed by atoms with Gasteiger partial charge in [0.05, 0.1) is 13.2 Å². The molecule has 0 saturated heterocycles. The zero-order valence-electron chi connectivity index (χ0n) is 11.8. The second kappa shape index (κ2) is 7.43. The molecule has 0 bridgehead atoms. The molecule has 0 aliphatic rings. The number of anilines is 1. The van der Waals surface area contributed by atoms with Crippen LogP contribution in [0.3, 0.4) is 0 Å². The minimum atomic E-state index is -0.270. The summed E-state index contributed by atoms with van der Waals surface area (Å²) < 4.78 is 18.7. The van der Waals surface area contributed by atoms with Crippen molar-refractivity contribution >= 4 is 5.69 Å². The molecule has 0 aliphatic carbocycles. The number of nitrogens with two attached hydrogens (primary N) is 1. The summed E-state index contributed by atoms with van der Waals surface area (Å²) >= 11 is 0. The number of aliphatic hydroxyl groups is 1. The van der Waals surface area contributed by atoms with E-state index < -0.39 is 0 Å². The lowest BCUT2D eigenvalue weighted by Crippen LogP contribution is -2.32. The van der Waals surface area contributed by atoms with E-state index in [1.165, 1.54) is 6.07 Å². The predicted octanol–water partition coefficient (Wildman–Crippen LogP) is 1.60. The van der Waals surface area contributed by atoms with E-state index in [2.05, 4.69) is 0 Å². The summed E-state index contributed by atoms with van der Waals surface area (Å²) in [4.78, 5) is 1.97. The van der Waals surface area contributed by atoms with Crippen molar-refractivity contribution in [3.63, 3.8) is 0 Å². The Balaban J connectivity index is 3.15. The Bertz CT molecular complexity index is 411. The maximum Gasteiger partial charge on any atom is 0.126 e. The van der Waals surface area contributed by atoms with E-state index in [0.717, 1.165) is 11.3 Å². The Labute approximate surface area is 114 Å². The number of hydrogen-bond donors (Lipinski definition) is 2. The first-order valence-electron chi connectivity index (χ1n) is 6.41. The molecule has 0 fully saturated rings. The molecule has 0 heterocycles. The zero-order valence-corrected chi connectivity index (χ0v) is 11.8. The average Bonchev–Trinajstić information content (AvgIpc) is 2.37. The highest BCUT2D eigenvalue weighted by atomic mass is 19.1. The Morgan fingerprint density at radius 3 is 2.63 bits per heavy atom. The molecule has 1 rings (SSSR count). The number of halogens is 1. The third-order valence-corrected chi connectivity index (χ3v) is 3.07. The van der Waals surface area contributed by atoms with E-state index >= 15 is 0 Å². The van der Waals surface area contributed by atoms with Gasteiger partial charge in [0.15, 0.2) is 0 Å². The molecule has 4 nitrogen and oxygen atoms in total. The summed E-state index contributed by atoms with van der Waals surface area (Å²) in [5.41, 5.74) is 8.08. The second-order valence-electron chi connectivity index (χ2n) is 4.65. The summed E-state index contributed by atoms with van der Waals surface area (Å²) in [6.07, 6.45) is 0. The van der Waals surface area contributed by atoms with Gasteiger partial charge in [-0.2, -0.15) is 0 Å². The molecular weight excluding hydrogens is 247 g/mol. The fourth-order valence-corrected chi connectivity index (χ4v) is 2.00. The summed E-state index contributed by atoms with van der Waals surface area (Å²) in [7, 11) is 1.62. The van der Waals surface area contributed by atoms with E-state index in [1.54, 1.807) is 20.1 Å². The highest BCUT2D eigenvalue weighted by molar-refractivity contribution is 5.57. The molecule has 0 unspecified atom stereocenters. The van der Waals surface area contributed by atoms with Crippen LogP contribution >= 0.6 is 0 Å². The van der Waals surface area contributed by atoms with Crippen LogP contribution in [0.2, 0.25) is 0 Å². The topological polar surface area (TPSA) is 58.7 Å². The van der Waals surface area contributed by atoms with Crippen LogP contribution < -0.4 is 10.6 Å². The monoisotopic (exact) mass is 270 g/mol. The Morgan fingerprint density at radius 1 is 1.42 bits per heavy atom. The fourth-order valence-electron chi connectivity index (χ4n) is 2.00. The quantitative estimate of drug-likeness (QED) is 0.790. The van der Waals surface area contributed by atoms with E-state index in [4.69, 9.17) is 15.6 Å². The zero-order chi connectivity index (χ0) is 14.4. The van der Waals surface area contributed by atoms with E-state index in [9.17, 15) is 4.39 Å². The number of hydrogen-bond acceptors (Lipinski definition) is 4. The normalized spacial score (nSPS) is 12.5. The van der Waals surface area contributed by atoms with Crippen LogP contribution in [0, 0.1) is 12.7 Å². The molecule has 19 heavy (non-hydrogen) atoms. The molecule has 1 aromatic rings. The van der Waals surface area contributed by atoms with Gasteiger partial charge < -0.3 is 20.5 Å². The van der Waals surface area contributed by atoms with Gasteiger partial charge in [0.2, 0.25) is 0 Å². The van der Waals surface area contributed by atoms with Crippen LogP contribution in [-0.2, 0) is 4.74 Å². The van der Waals surface area contributed by atoms with Crippen LogP contribution in [-0.4, -0.2) is 38.5 Å². The third kappa shape index (κ3) is 4.16. The number of nitrogens with zero attached hydrogens (tertiary/aromatic N) is 1. The molecule has 0 radical (unpaired) electrons. The molecule has 0 aromatic heterocycles. The lowest BCUT2D eigenvalue weighted by molar-refractivity contribution is 0.203. The SMILES string of the molecule is COCCN(CCO)c1cc(C)c(F)cc1[C@@H](C)N. The molecule has 3 N–H and O–H groups in total. The van der Waals surface area contributed by atoms with Crippen molar-refractivity contribution in [3.8, 4) is 0 Å². The van der Waals surface area contributed by atoms with Gasteiger partial charge in [-0.05, 0) is 37.1 Å². The Kier molecular flexibility index (Phi) is 6.21. The van der Waals surface area contributed by atoms with Crippen LogP contribution in [0.25, 0.3) is 0 Å². The first kappa shape index (κ1) is 15.9. The molecule has 108 valence electrons. The molecule has 0 aliphatic heterocycles. The van der Waals surface area contributed by atoms with Crippen LogP contribution in [0.4, 0.5) is 10.1 Å². The largest absolute Gasteiger partial charge is 0.395 e. The third-order valence-electron chi connectivity index (χ3n) is 3.07. The number of benzene rings is 1. The van der Waals surface area contributed by atoms with Gasteiger partial charge >= 0.3 is 0 Å². The maximum absolute atomic E-state index is 13.7. The lowest BCUT2D eigenvalue weighted by atomic mass is 10.0. The molecule has 5 heteroatoms. The van der Waals surface area contributed by atoms with Crippen LogP contribution in [0.1, 0.15) is 24.1 Å². The summed E-state index contributed by atoms with van der Waals surface area (Å²) in [6.45, 7) is 5.20. The van der Waals surface area contributed by atoms with Crippen molar-refractivity contribution in [1.82, 2.24) is 0 Å². The number of methoxy groups -OCH3 is 1. The Hall–Kier alpha value is -1.17. The van der Waals surface area contributed by atoms with Gasteiger partial charge in [0.1, 0.15) is 5.82 Å². The average molecular weight is 270 g/mol. The summed E-state index contributed by atoms with van der Waals surface area (Å²) in [6, 6.07) is 2.99. The predicted molar refractivity (Wildman–Crippen MR) is 74.9 cm³/mol. The van der Waals surface area contributed by atoms with Crippen molar-refractivity contribution in [2.45, 2.75) is 19.9 Å². The van der Waals surface area contributed by atoms with E-state index in [-0.39, 0.29) is 18.5 Å². The molecule has 1 aromatic carbocycles. The van der Waals surface area contributed by atoms with Gasteiger partial charge in [-0.25, -0.2) is 4.39 Å². The first-order chi connectivity index (χ1) is 9.01. The van der Waals surface area contributed by atoms with Crippen molar-refractivity contribution in [2.75, 3.05) is 38.3 Å². The number of aryl methyl sites for hydroxylation is 1. The maximum atomic E-state index is 13.7. The number of ether oxygens (including phenoxy) is 1. The molecule has 0 amide bonds. The highest BCUT2D eigenvalue weighted by Gasteiger charge is 2.16. The van der Waals surface area contributed by atoms with Gasteiger partial charge in [0, 0.05) is 31.9 Å². The van der Waals surface area contributed by atoms with Crippen molar-refractivity contribution in [1.29, 1.82) is 0 Å². The second-order valence-corrected chi connectivity index (χ2v) is 4.65. The first-order valence-corrected chi connectivity index (χ1v) is 6.41. The number of rotatable bonds is 7. The van der Waals surface area contributed by atoms with Gasteiger partial charge in [-0.15, -0.1) is 0 Å². The summed E-state index contributed by atoms with van der Waals surface area (Å²) in [5, 5.41) is 9.16.